The van der Waals surface area contributed by atoms with E-state index in [1.807, 2.05) is 0 Å². The molecule has 0 bridgehead atoms. The summed E-state index contributed by atoms with van der Waals surface area (Å²) in [7, 11) is 1.42. The van der Waals surface area contributed by atoms with Gasteiger partial charge in [-0.1, -0.05) is 18.2 Å². The third-order valence-corrected chi connectivity index (χ3v) is 2.24. The Morgan fingerprint density at radius 3 is 2.57 bits per heavy atom. The molecular weight excluding hydrogens is 185 g/mol. The number of halogens is 1. The van der Waals surface area contributed by atoms with Crippen molar-refractivity contribution in [2.75, 3.05) is 7.05 Å². The van der Waals surface area contributed by atoms with E-state index in [1.165, 1.54) is 13.1 Å². The van der Waals surface area contributed by atoms with Crippen LogP contribution < -0.4 is 0 Å². The minimum absolute atomic E-state index is 0.381. The molecule has 0 aliphatic rings. The number of benzene rings is 1. The maximum atomic E-state index is 13.2. The van der Waals surface area contributed by atoms with Crippen LogP contribution in [0.5, 0.6) is 0 Å². The maximum Gasteiger partial charge on any atom is 0.407 e. The number of hydrogen-bond donors (Lipinski definition) is 1. The molecule has 0 saturated heterocycles. The Labute approximate surface area is 81.8 Å². The first-order valence-electron chi connectivity index (χ1n) is 4.24. The number of rotatable bonds is 2. The van der Waals surface area contributed by atoms with Crippen molar-refractivity contribution in [2.45, 2.75) is 13.0 Å². The van der Waals surface area contributed by atoms with Crippen molar-refractivity contribution in [2.24, 2.45) is 0 Å². The van der Waals surface area contributed by atoms with Gasteiger partial charge in [0.2, 0.25) is 0 Å². The van der Waals surface area contributed by atoms with Crippen LogP contribution in [0.25, 0.3) is 0 Å². The second-order valence-electron chi connectivity index (χ2n) is 3.09. The van der Waals surface area contributed by atoms with Gasteiger partial charge in [-0.2, -0.15) is 0 Å². The number of hydrogen-bond acceptors (Lipinski definition) is 1. The second kappa shape index (κ2) is 4.09. The van der Waals surface area contributed by atoms with Crippen molar-refractivity contribution in [1.82, 2.24) is 4.90 Å². The Morgan fingerprint density at radius 2 is 2.07 bits per heavy atom. The summed E-state index contributed by atoms with van der Waals surface area (Å²) in [6.45, 7) is 1.65. The molecule has 76 valence electrons. The highest BCUT2D eigenvalue weighted by molar-refractivity contribution is 5.65. The minimum atomic E-state index is -1.07. The summed E-state index contributed by atoms with van der Waals surface area (Å²) in [5.41, 5.74) is 0.386. The fourth-order valence-corrected chi connectivity index (χ4v) is 1.19. The van der Waals surface area contributed by atoms with Gasteiger partial charge in [-0.25, -0.2) is 9.18 Å². The first-order valence-corrected chi connectivity index (χ1v) is 4.24. The zero-order valence-electron chi connectivity index (χ0n) is 8.07. The molecule has 0 spiro atoms. The molecular formula is C10H12FNO2. The van der Waals surface area contributed by atoms with E-state index in [-0.39, 0.29) is 5.82 Å². The van der Waals surface area contributed by atoms with Crippen LogP contribution in [0.2, 0.25) is 0 Å². The Kier molecular flexibility index (Phi) is 3.06. The van der Waals surface area contributed by atoms with Gasteiger partial charge in [0.05, 0.1) is 6.04 Å². The zero-order valence-corrected chi connectivity index (χ0v) is 8.07. The fourth-order valence-electron chi connectivity index (χ4n) is 1.19. The van der Waals surface area contributed by atoms with Crippen LogP contribution in [-0.4, -0.2) is 23.1 Å². The van der Waals surface area contributed by atoms with E-state index < -0.39 is 12.1 Å². The number of carboxylic acid groups (broad SMARTS) is 1. The summed E-state index contributed by atoms with van der Waals surface area (Å²) in [5, 5.41) is 8.71. The molecule has 0 saturated carbocycles. The van der Waals surface area contributed by atoms with E-state index in [4.69, 9.17) is 5.11 Å². The van der Waals surface area contributed by atoms with Gasteiger partial charge in [0.25, 0.3) is 0 Å². The molecule has 0 aromatic heterocycles. The van der Waals surface area contributed by atoms with Crippen LogP contribution in [0, 0.1) is 5.82 Å². The lowest BCUT2D eigenvalue weighted by atomic mass is 10.1. The summed E-state index contributed by atoms with van der Waals surface area (Å²) < 4.78 is 13.2. The SMILES string of the molecule is CC(c1ccccc1F)N(C)C(=O)O. The fraction of sp³-hybridized carbons (Fsp3) is 0.300. The van der Waals surface area contributed by atoms with Crippen LogP contribution in [0.4, 0.5) is 9.18 Å². The molecule has 3 nitrogen and oxygen atoms in total. The van der Waals surface area contributed by atoms with Gasteiger partial charge in [0.1, 0.15) is 5.82 Å². The predicted molar refractivity (Wildman–Crippen MR) is 50.6 cm³/mol. The molecule has 0 radical (unpaired) electrons. The van der Waals surface area contributed by atoms with Crippen LogP contribution in [0.1, 0.15) is 18.5 Å². The van der Waals surface area contributed by atoms with Gasteiger partial charge in [0.15, 0.2) is 0 Å². The van der Waals surface area contributed by atoms with Crippen molar-refractivity contribution in [3.63, 3.8) is 0 Å². The quantitative estimate of drug-likeness (QED) is 0.791. The molecule has 0 aliphatic heterocycles. The highest BCUT2D eigenvalue weighted by atomic mass is 19.1. The Balaban J connectivity index is 2.94. The largest absolute Gasteiger partial charge is 0.465 e. The van der Waals surface area contributed by atoms with Crippen molar-refractivity contribution < 1.29 is 14.3 Å². The molecule has 1 unspecified atom stereocenters. The Morgan fingerprint density at radius 1 is 1.50 bits per heavy atom. The normalized spacial score (nSPS) is 12.2. The van der Waals surface area contributed by atoms with Gasteiger partial charge in [0, 0.05) is 12.6 Å². The summed E-state index contributed by atoms with van der Waals surface area (Å²) in [5.74, 6) is -0.381. The molecule has 0 aliphatic carbocycles. The Hall–Kier alpha value is -1.58. The minimum Gasteiger partial charge on any atom is -0.465 e. The average molecular weight is 197 g/mol. The van der Waals surface area contributed by atoms with Gasteiger partial charge < -0.3 is 10.0 Å². The van der Waals surface area contributed by atoms with Crippen LogP contribution in [0.15, 0.2) is 24.3 Å². The predicted octanol–water partition coefficient (Wildman–Crippen LogP) is 2.50. The van der Waals surface area contributed by atoms with Crippen molar-refractivity contribution in [3.05, 3.63) is 35.6 Å². The first kappa shape index (κ1) is 10.5. The van der Waals surface area contributed by atoms with E-state index in [0.29, 0.717) is 5.56 Å². The molecule has 1 amide bonds. The lowest BCUT2D eigenvalue weighted by Crippen LogP contribution is -2.28. The van der Waals surface area contributed by atoms with E-state index in [9.17, 15) is 9.18 Å². The average Bonchev–Trinajstić information content (AvgIpc) is 2.16. The summed E-state index contributed by atoms with van der Waals surface area (Å²) in [6, 6.07) is 5.69. The number of nitrogens with zero attached hydrogens (tertiary/aromatic N) is 1. The van der Waals surface area contributed by atoms with Crippen molar-refractivity contribution in [1.29, 1.82) is 0 Å². The number of carbonyl (C=O) groups is 1. The summed E-state index contributed by atoms with van der Waals surface area (Å²) in [6.07, 6.45) is -1.07. The molecule has 0 heterocycles. The summed E-state index contributed by atoms with van der Waals surface area (Å²) in [4.78, 5) is 11.7. The lowest BCUT2D eigenvalue weighted by molar-refractivity contribution is 0.141. The smallest absolute Gasteiger partial charge is 0.407 e. The highest BCUT2D eigenvalue weighted by Gasteiger charge is 2.18. The monoisotopic (exact) mass is 197 g/mol. The van der Waals surface area contributed by atoms with Crippen LogP contribution in [-0.2, 0) is 0 Å². The molecule has 1 aromatic carbocycles. The van der Waals surface area contributed by atoms with E-state index in [1.54, 1.807) is 25.1 Å². The first-order chi connectivity index (χ1) is 6.54. The summed E-state index contributed by atoms with van der Waals surface area (Å²) >= 11 is 0. The van der Waals surface area contributed by atoms with E-state index in [2.05, 4.69) is 0 Å². The van der Waals surface area contributed by atoms with Crippen molar-refractivity contribution >= 4 is 6.09 Å². The molecule has 4 heteroatoms. The van der Waals surface area contributed by atoms with Crippen molar-refractivity contribution in [3.8, 4) is 0 Å². The third-order valence-electron chi connectivity index (χ3n) is 2.24. The van der Waals surface area contributed by atoms with Crippen LogP contribution in [0.3, 0.4) is 0 Å². The lowest BCUT2D eigenvalue weighted by Gasteiger charge is -2.22. The molecule has 1 atom stereocenters. The standard InChI is InChI=1S/C10H12FNO2/c1-7(12(2)10(13)14)8-5-3-4-6-9(8)11/h3-7H,1-2H3,(H,13,14). The number of amides is 1. The Bertz CT molecular complexity index is 341. The highest BCUT2D eigenvalue weighted by Crippen LogP contribution is 2.21. The van der Waals surface area contributed by atoms with Crippen LogP contribution >= 0.6 is 0 Å². The van der Waals surface area contributed by atoms with Gasteiger partial charge in [-0.3, -0.25) is 0 Å². The van der Waals surface area contributed by atoms with E-state index >= 15 is 0 Å². The second-order valence-corrected chi connectivity index (χ2v) is 3.09. The molecule has 1 aromatic rings. The maximum absolute atomic E-state index is 13.2. The molecule has 0 fully saturated rings. The molecule has 1 rings (SSSR count). The zero-order chi connectivity index (χ0) is 10.7. The third kappa shape index (κ3) is 2.02. The van der Waals surface area contributed by atoms with Gasteiger partial charge >= 0.3 is 6.09 Å². The molecule has 1 N–H and O–H groups in total. The van der Waals surface area contributed by atoms with Gasteiger partial charge in [-0.05, 0) is 13.0 Å². The van der Waals surface area contributed by atoms with Gasteiger partial charge in [-0.15, -0.1) is 0 Å². The molecule has 14 heavy (non-hydrogen) atoms. The van der Waals surface area contributed by atoms with E-state index in [0.717, 1.165) is 4.90 Å². The topological polar surface area (TPSA) is 40.5 Å².